The minimum atomic E-state index is -0.702. The first kappa shape index (κ1) is 14.9. The van der Waals surface area contributed by atoms with Crippen LogP contribution < -0.4 is 11.1 Å². The van der Waals surface area contributed by atoms with Crippen molar-refractivity contribution >= 4 is 28.5 Å². The van der Waals surface area contributed by atoms with E-state index in [-0.39, 0.29) is 12.4 Å². The molecule has 0 aliphatic carbocycles. The lowest BCUT2D eigenvalue weighted by molar-refractivity contribution is -0.124. The molecule has 1 heterocycles. The summed E-state index contributed by atoms with van der Waals surface area (Å²) in [5.41, 5.74) is 6.74. The van der Waals surface area contributed by atoms with Crippen molar-refractivity contribution in [3.8, 4) is 0 Å². The Morgan fingerprint density at radius 1 is 1.33 bits per heavy atom. The van der Waals surface area contributed by atoms with E-state index in [2.05, 4.69) is 5.32 Å². The van der Waals surface area contributed by atoms with Crippen LogP contribution in [0.4, 0.5) is 5.69 Å². The number of nitrogens with two attached hydrogens (primary N) is 1. The van der Waals surface area contributed by atoms with Gasteiger partial charge in [-0.15, -0.1) is 0 Å². The summed E-state index contributed by atoms with van der Waals surface area (Å²) < 4.78 is 15.0. The zero-order valence-electron chi connectivity index (χ0n) is 11.5. The Morgan fingerprint density at radius 3 is 2.90 bits per heavy atom. The van der Waals surface area contributed by atoms with E-state index in [4.69, 9.17) is 19.6 Å². The van der Waals surface area contributed by atoms with Crippen molar-refractivity contribution in [2.75, 3.05) is 32.6 Å². The molecule has 0 aliphatic rings. The molecule has 1 amide bonds. The summed E-state index contributed by atoms with van der Waals surface area (Å²) >= 11 is 0. The van der Waals surface area contributed by atoms with Gasteiger partial charge in [0, 0.05) is 24.7 Å². The van der Waals surface area contributed by atoms with Gasteiger partial charge in [-0.3, -0.25) is 4.79 Å². The zero-order valence-corrected chi connectivity index (χ0v) is 11.5. The second-order valence-electron chi connectivity index (χ2n) is 4.33. The van der Waals surface area contributed by atoms with E-state index in [9.17, 15) is 9.59 Å². The number of amides is 1. The van der Waals surface area contributed by atoms with Crippen molar-refractivity contribution in [1.29, 1.82) is 0 Å². The molecule has 112 valence electrons. The van der Waals surface area contributed by atoms with Crippen molar-refractivity contribution < 1.29 is 23.5 Å². The van der Waals surface area contributed by atoms with E-state index < -0.39 is 11.9 Å². The number of rotatable bonds is 6. The monoisotopic (exact) mass is 292 g/mol. The number of benzene rings is 1. The maximum atomic E-state index is 11.8. The van der Waals surface area contributed by atoms with E-state index in [1.54, 1.807) is 18.2 Å². The number of fused-ring (bicyclic) bond motifs is 1. The first-order valence-electron chi connectivity index (χ1n) is 6.32. The number of furan rings is 1. The number of nitrogens with one attached hydrogen (secondary N) is 1. The smallest absolute Gasteiger partial charge is 0.374 e. The molecule has 1 aromatic heterocycles. The highest BCUT2D eigenvalue weighted by atomic mass is 16.5. The highest BCUT2D eigenvalue weighted by Gasteiger charge is 2.15. The molecule has 0 saturated carbocycles. The molecule has 7 nitrogen and oxygen atoms in total. The van der Waals surface area contributed by atoms with Crippen molar-refractivity contribution in [3.05, 3.63) is 30.0 Å². The second kappa shape index (κ2) is 6.76. The van der Waals surface area contributed by atoms with Crippen LogP contribution in [0.2, 0.25) is 0 Å². The fourth-order valence-corrected chi connectivity index (χ4v) is 1.71. The van der Waals surface area contributed by atoms with Gasteiger partial charge in [-0.05, 0) is 24.3 Å². The minimum absolute atomic E-state index is 0.0280. The molecule has 0 spiro atoms. The predicted molar refractivity (Wildman–Crippen MR) is 75.8 cm³/mol. The third-order valence-electron chi connectivity index (χ3n) is 2.70. The summed E-state index contributed by atoms with van der Waals surface area (Å²) in [6.45, 7) is 0.378. The van der Waals surface area contributed by atoms with Crippen molar-refractivity contribution in [1.82, 2.24) is 5.32 Å². The quantitative estimate of drug-likeness (QED) is 0.466. The molecular weight excluding hydrogens is 276 g/mol. The Balaban J connectivity index is 1.91. The largest absolute Gasteiger partial charge is 0.450 e. The molecule has 0 fully saturated rings. The van der Waals surface area contributed by atoms with Crippen LogP contribution >= 0.6 is 0 Å². The Labute approximate surface area is 121 Å². The fraction of sp³-hybridized carbons (Fsp3) is 0.286. The molecule has 0 atom stereocenters. The standard InChI is InChI=1S/C14H16N2O5/c1-19-5-4-16-13(17)8-20-14(18)12-7-9-6-10(15)2-3-11(9)21-12/h2-3,6-7H,4-5,8,15H2,1H3,(H,16,17). The molecule has 2 rings (SSSR count). The fourth-order valence-electron chi connectivity index (χ4n) is 1.71. The molecule has 2 aromatic rings. The van der Waals surface area contributed by atoms with E-state index in [1.165, 1.54) is 13.2 Å². The van der Waals surface area contributed by atoms with Crippen LogP contribution in [0.15, 0.2) is 28.7 Å². The summed E-state index contributed by atoms with van der Waals surface area (Å²) in [7, 11) is 1.53. The van der Waals surface area contributed by atoms with Crippen LogP contribution in [0, 0.1) is 0 Å². The third-order valence-corrected chi connectivity index (χ3v) is 2.70. The number of carbonyl (C=O) groups excluding carboxylic acids is 2. The summed E-state index contributed by atoms with van der Waals surface area (Å²) in [4.78, 5) is 23.2. The average Bonchev–Trinajstić information content (AvgIpc) is 2.88. The number of anilines is 1. The summed E-state index contributed by atoms with van der Waals surface area (Å²) in [6, 6.07) is 6.55. The molecular formula is C14H16N2O5. The number of hydrogen-bond donors (Lipinski definition) is 2. The Hall–Kier alpha value is -2.54. The lowest BCUT2D eigenvalue weighted by atomic mass is 10.2. The number of nitrogen functional groups attached to an aromatic ring is 1. The number of ether oxygens (including phenoxy) is 2. The van der Waals surface area contributed by atoms with Gasteiger partial charge < -0.3 is 24.9 Å². The Morgan fingerprint density at radius 2 is 2.14 bits per heavy atom. The molecule has 1 aromatic carbocycles. The van der Waals surface area contributed by atoms with E-state index >= 15 is 0 Å². The molecule has 3 N–H and O–H groups in total. The van der Waals surface area contributed by atoms with Crippen LogP contribution in [-0.2, 0) is 14.3 Å². The zero-order chi connectivity index (χ0) is 15.2. The normalized spacial score (nSPS) is 10.5. The summed E-state index contributed by atoms with van der Waals surface area (Å²) in [5, 5.41) is 3.24. The molecule has 7 heteroatoms. The molecule has 0 bridgehead atoms. The first-order chi connectivity index (χ1) is 10.1. The van der Waals surface area contributed by atoms with Gasteiger partial charge in [-0.25, -0.2) is 4.79 Å². The molecule has 0 saturated heterocycles. The van der Waals surface area contributed by atoms with Crippen LogP contribution in [0.3, 0.4) is 0 Å². The predicted octanol–water partition coefficient (Wildman–Crippen LogP) is 0.934. The van der Waals surface area contributed by atoms with Gasteiger partial charge in [0.1, 0.15) is 5.58 Å². The van der Waals surface area contributed by atoms with Crippen LogP contribution in [-0.4, -0.2) is 38.7 Å². The number of carbonyl (C=O) groups is 2. The van der Waals surface area contributed by atoms with Gasteiger partial charge in [-0.2, -0.15) is 0 Å². The van der Waals surface area contributed by atoms with Gasteiger partial charge in [0.05, 0.1) is 6.61 Å². The maximum absolute atomic E-state index is 11.8. The van der Waals surface area contributed by atoms with Crippen LogP contribution in [0.1, 0.15) is 10.6 Å². The Bertz CT molecular complexity index is 650. The molecule has 21 heavy (non-hydrogen) atoms. The molecule has 0 radical (unpaired) electrons. The SMILES string of the molecule is COCCNC(=O)COC(=O)c1cc2cc(N)ccc2o1. The summed E-state index contributed by atoms with van der Waals surface area (Å²) in [5.74, 6) is -1.08. The van der Waals surface area contributed by atoms with Crippen molar-refractivity contribution in [2.24, 2.45) is 0 Å². The van der Waals surface area contributed by atoms with Crippen molar-refractivity contribution in [2.45, 2.75) is 0 Å². The van der Waals surface area contributed by atoms with Crippen LogP contribution in [0.25, 0.3) is 11.0 Å². The van der Waals surface area contributed by atoms with E-state index in [1.807, 2.05) is 0 Å². The lowest BCUT2D eigenvalue weighted by Gasteiger charge is -2.04. The molecule has 0 unspecified atom stereocenters. The van der Waals surface area contributed by atoms with Crippen LogP contribution in [0.5, 0.6) is 0 Å². The highest BCUT2D eigenvalue weighted by molar-refractivity contribution is 5.94. The topological polar surface area (TPSA) is 104 Å². The molecule has 0 aliphatic heterocycles. The summed E-state index contributed by atoms with van der Waals surface area (Å²) in [6.07, 6.45) is 0. The van der Waals surface area contributed by atoms with E-state index in [0.29, 0.717) is 29.8 Å². The number of esters is 1. The van der Waals surface area contributed by atoms with Gasteiger partial charge in [0.15, 0.2) is 6.61 Å². The van der Waals surface area contributed by atoms with Crippen molar-refractivity contribution in [3.63, 3.8) is 0 Å². The van der Waals surface area contributed by atoms with E-state index in [0.717, 1.165) is 0 Å². The van der Waals surface area contributed by atoms with Gasteiger partial charge in [0.25, 0.3) is 5.91 Å². The lowest BCUT2D eigenvalue weighted by Crippen LogP contribution is -2.31. The first-order valence-corrected chi connectivity index (χ1v) is 6.32. The van der Waals surface area contributed by atoms with Gasteiger partial charge in [-0.1, -0.05) is 0 Å². The second-order valence-corrected chi connectivity index (χ2v) is 4.33. The van der Waals surface area contributed by atoms with Gasteiger partial charge >= 0.3 is 5.97 Å². The highest BCUT2D eigenvalue weighted by Crippen LogP contribution is 2.22. The number of hydrogen-bond acceptors (Lipinski definition) is 6. The van der Waals surface area contributed by atoms with Gasteiger partial charge in [0.2, 0.25) is 5.76 Å². The Kier molecular flexibility index (Phi) is 4.78. The maximum Gasteiger partial charge on any atom is 0.374 e. The number of methoxy groups -OCH3 is 1. The average molecular weight is 292 g/mol. The minimum Gasteiger partial charge on any atom is -0.450 e. The third kappa shape index (κ3) is 3.96.